The molecular weight excluding hydrogens is 222 g/mol. The van der Waals surface area contributed by atoms with Crippen molar-refractivity contribution < 1.29 is 4.74 Å². The number of rotatable bonds is 7. The van der Waals surface area contributed by atoms with Gasteiger partial charge < -0.3 is 10.1 Å². The van der Waals surface area contributed by atoms with Gasteiger partial charge in [-0.15, -0.1) is 0 Å². The Kier molecular flexibility index (Phi) is 6.65. The summed E-state index contributed by atoms with van der Waals surface area (Å²) in [4.78, 5) is 0. The Bertz CT molecular complexity index is 227. The highest BCUT2D eigenvalue weighted by atomic mass is 16.5. The predicted octanol–water partition coefficient (Wildman–Crippen LogP) is 4.00. The molecule has 1 rings (SSSR count). The first kappa shape index (κ1) is 16.0. The van der Waals surface area contributed by atoms with E-state index in [1.807, 2.05) is 0 Å². The van der Waals surface area contributed by atoms with Crippen molar-refractivity contribution in [1.82, 2.24) is 5.32 Å². The van der Waals surface area contributed by atoms with Crippen LogP contribution in [0, 0.1) is 11.8 Å². The van der Waals surface area contributed by atoms with Crippen molar-refractivity contribution in [1.29, 1.82) is 0 Å². The van der Waals surface area contributed by atoms with E-state index in [9.17, 15) is 0 Å². The van der Waals surface area contributed by atoms with Gasteiger partial charge in [-0.3, -0.25) is 0 Å². The average Bonchev–Trinajstić information content (AvgIpc) is 2.35. The van der Waals surface area contributed by atoms with Gasteiger partial charge >= 0.3 is 0 Å². The van der Waals surface area contributed by atoms with Crippen molar-refractivity contribution >= 4 is 0 Å². The fraction of sp³-hybridized carbons (Fsp3) is 1.00. The lowest BCUT2D eigenvalue weighted by Crippen LogP contribution is -2.53. The Morgan fingerprint density at radius 2 is 1.94 bits per heavy atom. The summed E-state index contributed by atoms with van der Waals surface area (Å²) in [5.74, 6) is 1.72. The molecule has 0 heterocycles. The van der Waals surface area contributed by atoms with Crippen LogP contribution in [0.15, 0.2) is 0 Å². The summed E-state index contributed by atoms with van der Waals surface area (Å²) >= 11 is 0. The highest BCUT2D eigenvalue weighted by Gasteiger charge is 2.37. The Labute approximate surface area is 114 Å². The van der Waals surface area contributed by atoms with Gasteiger partial charge in [-0.1, -0.05) is 33.1 Å². The van der Waals surface area contributed by atoms with Crippen LogP contribution in [0.4, 0.5) is 0 Å². The van der Waals surface area contributed by atoms with Crippen LogP contribution in [0.25, 0.3) is 0 Å². The molecule has 0 aromatic heterocycles. The van der Waals surface area contributed by atoms with Crippen LogP contribution >= 0.6 is 0 Å². The molecule has 3 unspecified atom stereocenters. The lowest BCUT2D eigenvalue weighted by Gasteiger charge is -2.43. The van der Waals surface area contributed by atoms with Gasteiger partial charge in [-0.2, -0.15) is 0 Å². The third kappa shape index (κ3) is 4.24. The van der Waals surface area contributed by atoms with Crippen LogP contribution in [0.2, 0.25) is 0 Å². The monoisotopic (exact) mass is 255 g/mol. The summed E-state index contributed by atoms with van der Waals surface area (Å²) in [6.45, 7) is 13.0. The van der Waals surface area contributed by atoms with Crippen LogP contribution < -0.4 is 5.32 Å². The molecule has 0 bridgehead atoms. The van der Waals surface area contributed by atoms with Crippen molar-refractivity contribution in [2.45, 2.75) is 78.4 Å². The molecule has 0 radical (unpaired) electrons. The Balaban J connectivity index is 2.70. The van der Waals surface area contributed by atoms with Crippen molar-refractivity contribution in [3.8, 4) is 0 Å². The van der Waals surface area contributed by atoms with Crippen molar-refractivity contribution in [2.24, 2.45) is 11.8 Å². The molecule has 1 N–H and O–H groups in total. The molecule has 2 heteroatoms. The van der Waals surface area contributed by atoms with Gasteiger partial charge in [0.25, 0.3) is 0 Å². The average molecular weight is 255 g/mol. The molecule has 108 valence electrons. The zero-order chi connectivity index (χ0) is 13.6. The Morgan fingerprint density at radius 1 is 1.22 bits per heavy atom. The maximum atomic E-state index is 6.00. The molecule has 0 aromatic rings. The smallest absolute Gasteiger partial charge is 0.0781 e. The lowest BCUT2D eigenvalue weighted by atomic mass is 9.73. The first-order valence-electron chi connectivity index (χ1n) is 7.92. The molecule has 0 amide bonds. The van der Waals surface area contributed by atoms with Crippen LogP contribution in [-0.2, 0) is 4.74 Å². The maximum absolute atomic E-state index is 6.00. The minimum Gasteiger partial charge on any atom is -0.374 e. The molecule has 1 saturated carbocycles. The van der Waals surface area contributed by atoms with Gasteiger partial charge in [-0.05, 0) is 52.0 Å². The van der Waals surface area contributed by atoms with Crippen molar-refractivity contribution in [3.05, 3.63) is 0 Å². The van der Waals surface area contributed by atoms with Crippen LogP contribution in [-0.4, -0.2) is 24.8 Å². The molecule has 0 saturated heterocycles. The minimum atomic E-state index is -0.0505. The van der Waals surface area contributed by atoms with E-state index in [0.717, 1.165) is 25.0 Å². The SMILES string of the molecule is CCNC(C1CCCC(CC)C1)C(C)(C)OCC. The molecule has 2 nitrogen and oxygen atoms in total. The van der Waals surface area contributed by atoms with Crippen LogP contribution in [0.1, 0.15) is 66.7 Å². The second-order valence-electron chi connectivity index (χ2n) is 6.27. The molecular formula is C16H33NO. The van der Waals surface area contributed by atoms with Gasteiger partial charge in [-0.25, -0.2) is 0 Å². The quantitative estimate of drug-likeness (QED) is 0.742. The Hall–Kier alpha value is -0.0800. The molecule has 0 spiro atoms. The molecule has 3 atom stereocenters. The van der Waals surface area contributed by atoms with Gasteiger partial charge in [0.05, 0.1) is 5.60 Å². The zero-order valence-corrected chi connectivity index (χ0v) is 13.1. The molecule has 1 aliphatic rings. The van der Waals surface area contributed by atoms with E-state index in [2.05, 4.69) is 39.9 Å². The zero-order valence-electron chi connectivity index (χ0n) is 13.1. The van der Waals surface area contributed by atoms with E-state index in [-0.39, 0.29) is 5.60 Å². The van der Waals surface area contributed by atoms with E-state index in [1.165, 1.54) is 32.1 Å². The second kappa shape index (κ2) is 7.49. The van der Waals surface area contributed by atoms with E-state index in [0.29, 0.717) is 6.04 Å². The van der Waals surface area contributed by atoms with Crippen molar-refractivity contribution in [3.63, 3.8) is 0 Å². The minimum absolute atomic E-state index is 0.0505. The molecule has 0 aliphatic heterocycles. The van der Waals surface area contributed by atoms with Gasteiger partial charge in [0, 0.05) is 12.6 Å². The van der Waals surface area contributed by atoms with Gasteiger partial charge in [0.2, 0.25) is 0 Å². The number of likely N-dealkylation sites (N-methyl/N-ethyl adjacent to an activating group) is 1. The highest BCUT2D eigenvalue weighted by Crippen LogP contribution is 2.36. The Morgan fingerprint density at radius 3 is 2.50 bits per heavy atom. The first-order valence-corrected chi connectivity index (χ1v) is 7.92. The lowest BCUT2D eigenvalue weighted by molar-refractivity contribution is -0.0593. The number of ether oxygens (including phenoxy) is 1. The standard InChI is InChI=1S/C16H33NO/c1-6-13-10-9-11-14(12-13)15(17-7-2)16(4,5)18-8-3/h13-15,17H,6-12H2,1-5H3. The fourth-order valence-electron chi connectivity index (χ4n) is 3.67. The first-order chi connectivity index (χ1) is 8.55. The van der Waals surface area contributed by atoms with Crippen LogP contribution in [0.5, 0.6) is 0 Å². The second-order valence-corrected chi connectivity index (χ2v) is 6.27. The third-order valence-electron chi connectivity index (χ3n) is 4.56. The van der Waals surface area contributed by atoms with E-state index >= 15 is 0 Å². The van der Waals surface area contributed by atoms with Gasteiger partial charge in [0.15, 0.2) is 0 Å². The van der Waals surface area contributed by atoms with E-state index in [4.69, 9.17) is 4.74 Å². The van der Waals surface area contributed by atoms with Gasteiger partial charge in [0.1, 0.15) is 0 Å². The summed E-state index contributed by atoms with van der Waals surface area (Å²) in [5.41, 5.74) is -0.0505. The van der Waals surface area contributed by atoms with Crippen LogP contribution in [0.3, 0.4) is 0 Å². The number of hydrogen-bond donors (Lipinski definition) is 1. The third-order valence-corrected chi connectivity index (χ3v) is 4.56. The maximum Gasteiger partial charge on any atom is 0.0781 e. The number of nitrogens with one attached hydrogen (secondary N) is 1. The topological polar surface area (TPSA) is 21.3 Å². The normalized spacial score (nSPS) is 27.2. The summed E-state index contributed by atoms with van der Waals surface area (Å²) in [6, 6.07) is 0.497. The summed E-state index contributed by atoms with van der Waals surface area (Å²) in [6.07, 6.45) is 6.91. The van der Waals surface area contributed by atoms with E-state index < -0.39 is 0 Å². The summed E-state index contributed by atoms with van der Waals surface area (Å²) < 4.78 is 6.00. The van der Waals surface area contributed by atoms with Crippen molar-refractivity contribution in [2.75, 3.05) is 13.2 Å². The summed E-state index contributed by atoms with van der Waals surface area (Å²) in [5, 5.41) is 3.70. The fourth-order valence-corrected chi connectivity index (χ4v) is 3.67. The predicted molar refractivity (Wildman–Crippen MR) is 78.9 cm³/mol. The molecule has 1 fully saturated rings. The molecule has 0 aromatic carbocycles. The van der Waals surface area contributed by atoms with E-state index in [1.54, 1.807) is 0 Å². The molecule has 18 heavy (non-hydrogen) atoms. The largest absolute Gasteiger partial charge is 0.374 e. The number of hydrogen-bond acceptors (Lipinski definition) is 2. The highest BCUT2D eigenvalue weighted by molar-refractivity contribution is 4.93. The summed E-state index contributed by atoms with van der Waals surface area (Å²) in [7, 11) is 0. The molecule has 1 aliphatic carbocycles.